The maximum atomic E-state index is 10.9. The summed E-state index contributed by atoms with van der Waals surface area (Å²) in [5.74, 6) is -0.607. The maximum Gasteiger partial charge on any atom is 0.470 e. The summed E-state index contributed by atoms with van der Waals surface area (Å²) >= 11 is 0. The number of aliphatic hydroxyl groups excluding tert-OH is 3. The minimum atomic E-state index is -5.12. The van der Waals surface area contributed by atoms with Gasteiger partial charge < -0.3 is 47.0 Å². The molecule has 1 fully saturated rings. The number of aliphatic imine (C=N–C) groups is 1. The number of hydrogen-bond donors (Lipinski definition) is 8. The van der Waals surface area contributed by atoms with E-state index in [0.29, 0.717) is 0 Å². The summed E-state index contributed by atoms with van der Waals surface area (Å²) in [6, 6.07) is -1.64. The number of ether oxygens (including phenoxy) is 1. The number of carbonyl (C=O) groups excluding carboxylic acids is 1. The van der Waals surface area contributed by atoms with Gasteiger partial charge in [0.2, 0.25) is 0 Å². The smallest absolute Gasteiger partial charge is 0.441 e. The predicted octanol–water partition coefficient (Wildman–Crippen LogP) is -4.33. The Labute approximate surface area is 123 Å². The van der Waals surface area contributed by atoms with E-state index in [0.717, 1.165) is 0 Å². The van der Waals surface area contributed by atoms with Crippen molar-refractivity contribution in [3.05, 3.63) is 0 Å². The van der Waals surface area contributed by atoms with Crippen molar-refractivity contribution in [1.29, 1.82) is 0 Å². The van der Waals surface area contributed by atoms with Crippen molar-refractivity contribution in [1.82, 2.24) is 0 Å². The molecule has 13 nitrogen and oxygen atoms in total. The molecule has 14 heteroatoms. The lowest BCUT2D eigenvalue weighted by Crippen LogP contribution is -2.65. The summed E-state index contributed by atoms with van der Waals surface area (Å²) in [5, 5.41) is 29.7. The normalized spacial score (nSPS) is 35.7. The van der Waals surface area contributed by atoms with Crippen LogP contribution in [0.5, 0.6) is 0 Å². The molecule has 11 N–H and O–H groups in total. The molecule has 128 valence electrons. The van der Waals surface area contributed by atoms with Gasteiger partial charge in [0.25, 0.3) is 0 Å². The van der Waals surface area contributed by atoms with E-state index in [1.54, 1.807) is 0 Å². The van der Waals surface area contributed by atoms with Gasteiger partial charge in [0.05, 0.1) is 0 Å². The molecule has 1 rings (SSSR count). The van der Waals surface area contributed by atoms with Crippen LogP contribution in [0.4, 0.5) is 4.79 Å². The van der Waals surface area contributed by atoms with Gasteiger partial charge >= 0.3 is 13.9 Å². The zero-order valence-electron chi connectivity index (χ0n) is 11.0. The highest BCUT2D eigenvalue weighted by Crippen LogP contribution is 2.42. The van der Waals surface area contributed by atoms with Gasteiger partial charge in [0.1, 0.15) is 30.5 Å². The van der Waals surface area contributed by atoms with Crippen LogP contribution in [0, 0.1) is 0 Å². The zero-order valence-corrected chi connectivity index (χ0v) is 11.9. The number of phosphoric acid groups is 1. The average Bonchev–Trinajstić information content (AvgIpc) is 2.34. The Balaban J connectivity index is 3.18. The monoisotopic (exact) mass is 344 g/mol. The molecule has 0 heterocycles. The van der Waals surface area contributed by atoms with Crippen molar-refractivity contribution in [3.8, 4) is 0 Å². The molecule has 0 aromatic heterocycles. The molecule has 0 spiro atoms. The highest BCUT2D eigenvalue weighted by atomic mass is 31.2. The number of rotatable bonds is 4. The topological polar surface area (TPSA) is 244 Å². The second-order valence-electron chi connectivity index (χ2n) is 4.48. The molecule has 0 aromatic rings. The van der Waals surface area contributed by atoms with Crippen LogP contribution in [-0.2, 0) is 13.8 Å². The van der Waals surface area contributed by atoms with E-state index < -0.39 is 56.4 Å². The Bertz CT molecular complexity index is 492. The SMILES string of the molecule is NC(=O)O[C@H]1[C@H](O)[C@@H](O)[C@H](OP(=O)(O)O)[C@@H](N=C(N)N)[C@@H]1O. The molecule has 1 saturated carbocycles. The summed E-state index contributed by atoms with van der Waals surface area (Å²) in [6.45, 7) is 0. The van der Waals surface area contributed by atoms with Crippen LogP contribution in [0.3, 0.4) is 0 Å². The van der Waals surface area contributed by atoms with Gasteiger partial charge in [-0.25, -0.2) is 14.4 Å². The van der Waals surface area contributed by atoms with Gasteiger partial charge in [0, 0.05) is 0 Å². The van der Waals surface area contributed by atoms with E-state index in [1.807, 2.05) is 0 Å². The number of amides is 1. The van der Waals surface area contributed by atoms with Crippen molar-refractivity contribution in [2.24, 2.45) is 22.2 Å². The first kappa shape index (κ1) is 18.6. The second-order valence-corrected chi connectivity index (χ2v) is 5.67. The third-order valence-corrected chi connectivity index (χ3v) is 3.37. The minimum absolute atomic E-state index is 0.607. The van der Waals surface area contributed by atoms with E-state index in [4.69, 9.17) is 27.0 Å². The predicted molar refractivity (Wildman–Crippen MR) is 69.0 cm³/mol. The number of carbonyl (C=O) groups is 1. The summed E-state index contributed by atoms with van der Waals surface area (Å²) in [5.41, 5.74) is 15.0. The maximum absolute atomic E-state index is 10.9. The Morgan fingerprint density at radius 3 is 1.91 bits per heavy atom. The zero-order chi connectivity index (χ0) is 17.2. The van der Waals surface area contributed by atoms with Crippen LogP contribution in [0.25, 0.3) is 0 Å². The van der Waals surface area contributed by atoms with E-state index in [2.05, 4.69) is 14.3 Å². The molecule has 0 saturated heterocycles. The quantitative estimate of drug-likeness (QED) is 0.137. The molecule has 0 aliphatic heterocycles. The summed E-state index contributed by atoms with van der Waals surface area (Å²) in [7, 11) is -5.12. The number of nitrogens with zero attached hydrogens (tertiary/aromatic N) is 1. The summed E-state index contributed by atoms with van der Waals surface area (Å²) in [4.78, 5) is 31.9. The Hall–Kier alpha value is -1.47. The molecule has 1 aliphatic carbocycles. The fourth-order valence-electron chi connectivity index (χ4n) is 2.06. The van der Waals surface area contributed by atoms with Gasteiger partial charge in [-0.3, -0.25) is 4.52 Å². The molecular formula is C8H17N4O9P. The first-order valence-electron chi connectivity index (χ1n) is 5.77. The van der Waals surface area contributed by atoms with E-state index in [1.165, 1.54) is 0 Å². The lowest BCUT2D eigenvalue weighted by Gasteiger charge is -2.43. The number of aliphatic hydroxyl groups is 3. The molecule has 22 heavy (non-hydrogen) atoms. The minimum Gasteiger partial charge on any atom is -0.441 e. The molecule has 0 bridgehead atoms. The van der Waals surface area contributed by atoms with Crippen LogP contribution in [-0.4, -0.2) is 73.7 Å². The van der Waals surface area contributed by atoms with Gasteiger partial charge in [0.15, 0.2) is 12.1 Å². The molecule has 1 amide bonds. The van der Waals surface area contributed by atoms with Crippen molar-refractivity contribution in [3.63, 3.8) is 0 Å². The lowest BCUT2D eigenvalue weighted by atomic mass is 9.83. The van der Waals surface area contributed by atoms with Crippen molar-refractivity contribution in [2.75, 3.05) is 0 Å². The van der Waals surface area contributed by atoms with Gasteiger partial charge in [-0.15, -0.1) is 0 Å². The molecular weight excluding hydrogens is 327 g/mol. The molecule has 1 aliphatic rings. The first-order chi connectivity index (χ1) is 9.94. The average molecular weight is 344 g/mol. The standard InChI is InChI=1S/C8H17N4O9P/c9-7(10)12-1-2(13)6(20-8(11)16)4(15)3(14)5(1)21-22(17,18)19/h1-6,13-15H,(H2,11,16)(H4,9,10,12)(H2,17,18,19)/t1-,2-,3+,4+,5+,6+/m0/s1. The van der Waals surface area contributed by atoms with Crippen LogP contribution in [0.15, 0.2) is 4.99 Å². The van der Waals surface area contributed by atoms with Gasteiger partial charge in [-0.1, -0.05) is 0 Å². The van der Waals surface area contributed by atoms with Crippen molar-refractivity contribution >= 4 is 19.9 Å². The van der Waals surface area contributed by atoms with Crippen LogP contribution in [0.2, 0.25) is 0 Å². The van der Waals surface area contributed by atoms with Crippen molar-refractivity contribution < 1.29 is 43.7 Å². The number of phosphoric ester groups is 1. The van der Waals surface area contributed by atoms with Crippen LogP contribution < -0.4 is 17.2 Å². The Morgan fingerprint density at radius 2 is 1.50 bits per heavy atom. The lowest BCUT2D eigenvalue weighted by molar-refractivity contribution is -0.180. The molecule has 0 radical (unpaired) electrons. The Kier molecular flexibility index (Phi) is 5.70. The van der Waals surface area contributed by atoms with Crippen LogP contribution >= 0.6 is 7.82 Å². The van der Waals surface area contributed by atoms with Crippen molar-refractivity contribution in [2.45, 2.75) is 36.6 Å². The number of nitrogens with two attached hydrogens (primary N) is 3. The number of primary amides is 1. The second kappa shape index (κ2) is 6.75. The number of hydrogen-bond acceptors (Lipinski definition) is 8. The molecule has 0 unspecified atom stereocenters. The third-order valence-electron chi connectivity index (χ3n) is 2.86. The summed E-state index contributed by atoms with van der Waals surface area (Å²) in [6.07, 6.45) is -10.8. The van der Waals surface area contributed by atoms with Gasteiger partial charge in [-0.05, 0) is 0 Å². The summed E-state index contributed by atoms with van der Waals surface area (Å²) < 4.78 is 19.7. The fraction of sp³-hybridized carbons (Fsp3) is 0.750. The Morgan fingerprint density at radius 1 is 1.00 bits per heavy atom. The highest BCUT2D eigenvalue weighted by Gasteiger charge is 2.53. The first-order valence-corrected chi connectivity index (χ1v) is 7.30. The van der Waals surface area contributed by atoms with E-state index >= 15 is 0 Å². The fourth-order valence-corrected chi connectivity index (χ4v) is 2.63. The highest BCUT2D eigenvalue weighted by molar-refractivity contribution is 7.46. The number of guanidine groups is 1. The third kappa shape index (κ3) is 4.51. The van der Waals surface area contributed by atoms with Crippen LogP contribution in [0.1, 0.15) is 0 Å². The van der Waals surface area contributed by atoms with E-state index in [9.17, 15) is 24.7 Å². The van der Waals surface area contributed by atoms with Gasteiger partial charge in [-0.2, -0.15) is 0 Å². The largest absolute Gasteiger partial charge is 0.470 e. The van der Waals surface area contributed by atoms with E-state index in [-0.39, 0.29) is 0 Å². The molecule has 0 aromatic carbocycles. The molecule has 6 atom stereocenters.